The molecule has 0 fully saturated rings. The number of hydrogen-bond donors (Lipinski definition) is 0. The van der Waals surface area contributed by atoms with Gasteiger partial charge in [0, 0.05) is 12.8 Å². The molecule has 0 saturated heterocycles. The van der Waals surface area contributed by atoms with Crippen molar-refractivity contribution >= 4 is 17.9 Å². The van der Waals surface area contributed by atoms with Crippen LogP contribution in [0, 0.1) is 0 Å². The van der Waals surface area contributed by atoms with Crippen LogP contribution in [0.25, 0.3) is 0 Å². The predicted octanol–water partition coefficient (Wildman–Crippen LogP) is 10.9. The van der Waals surface area contributed by atoms with Crippen LogP contribution in [-0.4, -0.2) is 82.3 Å². The third-order valence-electron chi connectivity index (χ3n) is 9.90. The Balaban J connectivity index is 4.42. The number of carbonyl (C=O) groups is 3. The van der Waals surface area contributed by atoms with Crippen molar-refractivity contribution in [1.82, 2.24) is 0 Å². The van der Waals surface area contributed by atoms with Gasteiger partial charge in [0.25, 0.3) is 0 Å². The Bertz CT molecular complexity index is 1030. The first-order chi connectivity index (χ1) is 27.6. The highest BCUT2D eigenvalue weighted by Crippen LogP contribution is 2.15. The minimum absolute atomic E-state index is 0.146. The van der Waals surface area contributed by atoms with Crippen molar-refractivity contribution in [2.75, 3.05) is 47.5 Å². The van der Waals surface area contributed by atoms with Gasteiger partial charge >= 0.3 is 11.9 Å². The summed E-state index contributed by atoms with van der Waals surface area (Å²) in [6.45, 7) is 4.63. The molecule has 2 atom stereocenters. The highest BCUT2D eigenvalue weighted by molar-refractivity contribution is 5.70. The van der Waals surface area contributed by atoms with E-state index in [1.54, 1.807) is 0 Å². The van der Waals surface area contributed by atoms with Gasteiger partial charge in [0.15, 0.2) is 12.4 Å². The van der Waals surface area contributed by atoms with Crippen molar-refractivity contribution in [2.24, 2.45) is 0 Å². The number of carbonyl (C=O) groups excluding carboxylic acids is 3. The fourth-order valence-corrected chi connectivity index (χ4v) is 6.31. The second kappa shape index (κ2) is 40.3. The zero-order valence-electron chi connectivity index (χ0n) is 37.5. The molecule has 9 heteroatoms. The number of ether oxygens (including phenoxy) is 4. The fraction of sp³-hybridized carbons (Fsp3) is 0.812. The van der Waals surface area contributed by atoms with Crippen molar-refractivity contribution in [2.45, 2.75) is 206 Å². The molecule has 0 spiro atoms. The second-order valence-corrected chi connectivity index (χ2v) is 16.7. The Morgan fingerprint density at radius 1 is 0.544 bits per heavy atom. The topological polar surface area (TPSA) is 111 Å². The molecule has 0 aromatic carbocycles. The van der Waals surface area contributed by atoms with E-state index in [4.69, 9.17) is 18.9 Å². The molecule has 0 aliphatic carbocycles. The first-order valence-corrected chi connectivity index (χ1v) is 23.1. The molecule has 2 unspecified atom stereocenters. The van der Waals surface area contributed by atoms with Gasteiger partial charge in [-0.1, -0.05) is 172 Å². The van der Waals surface area contributed by atoms with E-state index >= 15 is 0 Å². The summed E-state index contributed by atoms with van der Waals surface area (Å²) in [6, 6.07) is 0. The van der Waals surface area contributed by atoms with Crippen LogP contribution in [0.3, 0.4) is 0 Å². The summed E-state index contributed by atoms with van der Waals surface area (Å²) < 4.78 is 22.6. The molecule has 0 saturated carbocycles. The van der Waals surface area contributed by atoms with Gasteiger partial charge in [-0.05, 0) is 44.9 Å². The van der Waals surface area contributed by atoms with E-state index in [1.165, 1.54) is 96.3 Å². The Morgan fingerprint density at radius 2 is 1.00 bits per heavy atom. The second-order valence-electron chi connectivity index (χ2n) is 16.7. The van der Waals surface area contributed by atoms with Gasteiger partial charge in [-0.15, -0.1) is 0 Å². The zero-order valence-corrected chi connectivity index (χ0v) is 37.5. The lowest BCUT2D eigenvalue weighted by molar-refractivity contribution is -0.870. The van der Waals surface area contributed by atoms with Gasteiger partial charge < -0.3 is 33.3 Å². The molecule has 332 valence electrons. The highest BCUT2D eigenvalue weighted by Gasteiger charge is 2.21. The number of carboxylic acid groups (broad SMARTS) is 1. The van der Waals surface area contributed by atoms with Crippen molar-refractivity contribution in [3.63, 3.8) is 0 Å². The molecule has 0 aliphatic rings. The lowest BCUT2D eigenvalue weighted by Crippen LogP contribution is -2.44. The van der Waals surface area contributed by atoms with E-state index < -0.39 is 24.3 Å². The van der Waals surface area contributed by atoms with Gasteiger partial charge in [0.05, 0.1) is 40.3 Å². The third kappa shape index (κ3) is 41.5. The molecular formula is C48H87NO8. The minimum Gasteiger partial charge on any atom is -0.545 e. The molecule has 0 radical (unpaired) electrons. The Hall–Kier alpha value is -2.49. The number of esters is 2. The number of aliphatic carboxylic acids is 1. The van der Waals surface area contributed by atoms with Crippen LogP contribution in [0.5, 0.6) is 0 Å². The van der Waals surface area contributed by atoms with E-state index in [2.05, 4.69) is 50.3 Å². The zero-order chi connectivity index (χ0) is 42.1. The van der Waals surface area contributed by atoms with Crippen LogP contribution in [-0.2, 0) is 33.3 Å². The normalized spacial score (nSPS) is 13.2. The Morgan fingerprint density at radius 3 is 1.49 bits per heavy atom. The molecular weight excluding hydrogens is 719 g/mol. The molecule has 57 heavy (non-hydrogen) atoms. The van der Waals surface area contributed by atoms with E-state index in [1.807, 2.05) is 21.1 Å². The number of hydrogen-bond acceptors (Lipinski definition) is 8. The average molecular weight is 806 g/mol. The van der Waals surface area contributed by atoms with Crippen molar-refractivity contribution < 1.29 is 42.9 Å². The Labute approximate surface area is 350 Å². The number of carboxylic acids is 1. The summed E-state index contributed by atoms with van der Waals surface area (Å²) in [5, 5.41) is 11.7. The predicted molar refractivity (Wildman–Crippen MR) is 232 cm³/mol. The minimum atomic E-state index is -1.62. The average Bonchev–Trinajstić information content (AvgIpc) is 3.17. The monoisotopic (exact) mass is 806 g/mol. The summed E-state index contributed by atoms with van der Waals surface area (Å²) >= 11 is 0. The fourth-order valence-electron chi connectivity index (χ4n) is 6.31. The lowest BCUT2D eigenvalue weighted by Gasteiger charge is -2.26. The number of quaternary nitrogens is 1. The number of unbranched alkanes of at least 4 members (excludes halogenated alkanes) is 21. The summed E-state index contributed by atoms with van der Waals surface area (Å²) in [7, 11) is 5.91. The van der Waals surface area contributed by atoms with Crippen LogP contribution < -0.4 is 5.11 Å². The summed E-state index contributed by atoms with van der Waals surface area (Å²) in [5.41, 5.74) is 0. The van der Waals surface area contributed by atoms with Crippen molar-refractivity contribution in [1.29, 1.82) is 0 Å². The van der Waals surface area contributed by atoms with Gasteiger partial charge in [-0.2, -0.15) is 0 Å². The standard InChI is InChI=1S/C48H87NO8/c1-6-8-10-12-14-16-18-20-22-23-25-27-29-31-33-35-37-39-46(51)57-44(43-56-48(47(52)53)54-41-40-49(3,4)5)42-55-45(50)38-36-34-32-30-28-26-24-21-19-17-15-13-11-9-7-2/h8,10,14,16,20,22,44,48H,6-7,9,11-13,15,17-19,21,23-43H2,1-5H3/b10-8-,16-14-,22-20-. The number of rotatable bonds is 42. The van der Waals surface area contributed by atoms with Crippen molar-refractivity contribution in [3.05, 3.63) is 36.5 Å². The lowest BCUT2D eigenvalue weighted by atomic mass is 10.0. The van der Waals surface area contributed by atoms with E-state index in [0.717, 1.165) is 64.2 Å². The van der Waals surface area contributed by atoms with E-state index in [0.29, 0.717) is 23.9 Å². The number of allylic oxidation sites excluding steroid dienone is 6. The van der Waals surface area contributed by atoms with Gasteiger partial charge in [0.2, 0.25) is 0 Å². The molecule has 0 amide bonds. The number of nitrogens with zero attached hydrogens (tertiary/aromatic N) is 1. The van der Waals surface area contributed by atoms with Crippen LogP contribution in [0.15, 0.2) is 36.5 Å². The maximum atomic E-state index is 12.8. The molecule has 0 aliphatic heterocycles. The van der Waals surface area contributed by atoms with Crippen LogP contribution in [0.1, 0.15) is 194 Å². The van der Waals surface area contributed by atoms with Gasteiger partial charge in [0.1, 0.15) is 13.2 Å². The highest BCUT2D eigenvalue weighted by atomic mass is 16.7. The quantitative estimate of drug-likeness (QED) is 0.0197. The smallest absolute Gasteiger partial charge is 0.306 e. The summed E-state index contributed by atoms with van der Waals surface area (Å²) in [4.78, 5) is 37.0. The molecule has 0 bridgehead atoms. The van der Waals surface area contributed by atoms with Crippen LogP contribution in [0.4, 0.5) is 0 Å². The molecule has 0 aromatic heterocycles. The first-order valence-electron chi connectivity index (χ1n) is 23.1. The van der Waals surface area contributed by atoms with Crippen molar-refractivity contribution in [3.8, 4) is 0 Å². The molecule has 9 nitrogen and oxygen atoms in total. The van der Waals surface area contributed by atoms with Gasteiger partial charge in [-0.3, -0.25) is 9.59 Å². The summed E-state index contributed by atoms with van der Waals surface area (Å²) in [6.07, 6.45) is 41.7. The molecule has 0 N–H and O–H groups in total. The largest absolute Gasteiger partial charge is 0.545 e. The molecule has 0 heterocycles. The summed E-state index contributed by atoms with van der Waals surface area (Å²) in [5.74, 6) is -2.29. The first kappa shape index (κ1) is 54.5. The van der Waals surface area contributed by atoms with Crippen LogP contribution in [0.2, 0.25) is 0 Å². The SMILES string of the molecule is CC/C=C\C/C=C\C/C=C\CCCCCCCCCC(=O)OC(COC(=O)CCCCCCCCCCCCCCCCC)COC(OCC[N+](C)(C)C)C(=O)[O-]. The maximum Gasteiger partial charge on any atom is 0.306 e. The molecule has 0 rings (SSSR count). The molecule has 0 aromatic rings. The Kier molecular flexibility index (Phi) is 38.5. The van der Waals surface area contributed by atoms with E-state index in [9.17, 15) is 19.5 Å². The van der Waals surface area contributed by atoms with Gasteiger partial charge in [-0.25, -0.2) is 0 Å². The number of likely N-dealkylation sites (N-methyl/N-ethyl adjacent to an activating group) is 1. The van der Waals surface area contributed by atoms with Crippen LogP contribution >= 0.6 is 0 Å². The third-order valence-corrected chi connectivity index (χ3v) is 9.90. The maximum absolute atomic E-state index is 12.8. The van der Waals surface area contributed by atoms with E-state index in [-0.39, 0.29) is 32.2 Å².